The zero-order valence-corrected chi connectivity index (χ0v) is 12.4. The molecule has 0 unspecified atom stereocenters. The van der Waals surface area contributed by atoms with E-state index in [9.17, 15) is 5.11 Å². The summed E-state index contributed by atoms with van der Waals surface area (Å²) in [6.45, 7) is 0. The Morgan fingerprint density at radius 3 is 2.70 bits per heavy atom. The van der Waals surface area contributed by atoms with E-state index < -0.39 is 0 Å². The maximum atomic E-state index is 9.46. The second kappa shape index (κ2) is 5.26. The predicted octanol–water partition coefficient (Wildman–Crippen LogP) is 4.53. The van der Waals surface area contributed by atoms with Crippen molar-refractivity contribution >= 4 is 27.5 Å². The van der Waals surface area contributed by atoms with Gasteiger partial charge in [-0.15, -0.1) is 0 Å². The smallest absolute Gasteiger partial charge is 0.258 e. The van der Waals surface area contributed by atoms with Crippen LogP contribution < -0.4 is 0 Å². The van der Waals surface area contributed by atoms with Gasteiger partial charge in [0, 0.05) is 15.6 Å². The number of phenols is 1. The maximum absolute atomic E-state index is 9.46. The van der Waals surface area contributed by atoms with Crippen LogP contribution in [0.3, 0.4) is 0 Å². The summed E-state index contributed by atoms with van der Waals surface area (Å²) in [6, 6.07) is 12.1. The van der Waals surface area contributed by atoms with Gasteiger partial charge in [-0.2, -0.15) is 4.98 Å². The minimum absolute atomic E-state index is 0.153. The molecule has 4 nitrogen and oxygen atoms in total. The van der Waals surface area contributed by atoms with Crippen molar-refractivity contribution in [1.82, 2.24) is 10.1 Å². The number of aromatic nitrogens is 2. The molecule has 0 aliphatic heterocycles. The van der Waals surface area contributed by atoms with Crippen LogP contribution in [0.5, 0.6) is 5.75 Å². The summed E-state index contributed by atoms with van der Waals surface area (Å²) in [7, 11) is 0. The number of nitrogens with zero attached hydrogens (tertiary/aromatic N) is 2. The van der Waals surface area contributed by atoms with Gasteiger partial charge < -0.3 is 9.63 Å². The fourth-order valence-electron chi connectivity index (χ4n) is 1.73. The molecule has 2 aromatic carbocycles. The molecule has 6 heteroatoms. The van der Waals surface area contributed by atoms with Gasteiger partial charge >= 0.3 is 0 Å². The number of hydrogen-bond acceptors (Lipinski definition) is 4. The monoisotopic (exact) mass is 350 g/mol. The van der Waals surface area contributed by atoms with Gasteiger partial charge in [0.1, 0.15) is 5.75 Å². The van der Waals surface area contributed by atoms with E-state index in [1.807, 2.05) is 12.1 Å². The third-order valence-corrected chi connectivity index (χ3v) is 3.93. The lowest BCUT2D eigenvalue weighted by Gasteiger charge is -1.97. The van der Waals surface area contributed by atoms with Gasteiger partial charge in [0.15, 0.2) is 0 Å². The van der Waals surface area contributed by atoms with Crippen LogP contribution in [0.25, 0.3) is 22.8 Å². The molecule has 0 atom stereocenters. The summed E-state index contributed by atoms with van der Waals surface area (Å²) in [5, 5.41) is 13.9. The minimum Gasteiger partial charge on any atom is -0.508 e. The highest BCUT2D eigenvalue weighted by molar-refractivity contribution is 9.10. The van der Waals surface area contributed by atoms with Gasteiger partial charge in [-0.05, 0) is 46.3 Å². The van der Waals surface area contributed by atoms with Crippen molar-refractivity contribution in [2.75, 3.05) is 0 Å². The number of benzene rings is 2. The first-order valence-corrected chi connectivity index (χ1v) is 6.89. The highest BCUT2D eigenvalue weighted by atomic mass is 79.9. The lowest BCUT2D eigenvalue weighted by atomic mass is 10.2. The molecule has 1 N–H and O–H groups in total. The molecular formula is C14H8BrClN2O2. The van der Waals surface area contributed by atoms with Crippen LogP contribution in [0.15, 0.2) is 51.5 Å². The van der Waals surface area contributed by atoms with Crippen LogP contribution in [-0.4, -0.2) is 15.2 Å². The summed E-state index contributed by atoms with van der Waals surface area (Å²) < 4.78 is 6.02. The van der Waals surface area contributed by atoms with Crippen LogP contribution in [0, 0.1) is 0 Å². The van der Waals surface area contributed by atoms with Crippen molar-refractivity contribution in [3.63, 3.8) is 0 Å². The largest absolute Gasteiger partial charge is 0.508 e. The Morgan fingerprint density at radius 2 is 1.95 bits per heavy atom. The average Bonchev–Trinajstić information content (AvgIpc) is 2.92. The molecule has 0 radical (unpaired) electrons. The molecule has 0 aliphatic rings. The molecule has 0 aliphatic carbocycles. The molecule has 3 rings (SSSR count). The quantitative estimate of drug-likeness (QED) is 0.737. The molecule has 0 amide bonds. The van der Waals surface area contributed by atoms with Crippen LogP contribution >= 0.6 is 27.5 Å². The fourth-order valence-corrected chi connectivity index (χ4v) is 2.16. The van der Waals surface area contributed by atoms with Gasteiger partial charge in [-0.1, -0.05) is 28.9 Å². The summed E-state index contributed by atoms with van der Waals surface area (Å²) in [5.74, 6) is 0.938. The van der Waals surface area contributed by atoms with Crippen LogP contribution in [0.1, 0.15) is 0 Å². The van der Waals surface area contributed by atoms with Crippen LogP contribution in [-0.2, 0) is 0 Å². The van der Waals surface area contributed by atoms with Crippen molar-refractivity contribution < 1.29 is 9.63 Å². The molecule has 0 saturated heterocycles. The molecule has 0 spiro atoms. The topological polar surface area (TPSA) is 59.2 Å². The Hall–Kier alpha value is -1.85. The zero-order valence-electron chi connectivity index (χ0n) is 10.0. The molecule has 100 valence electrons. The van der Waals surface area contributed by atoms with Gasteiger partial charge in [0.2, 0.25) is 5.82 Å². The second-order valence-electron chi connectivity index (χ2n) is 4.10. The molecule has 0 fully saturated rings. The molecule has 1 heterocycles. The van der Waals surface area contributed by atoms with Gasteiger partial charge in [0.25, 0.3) is 5.89 Å². The average molecular weight is 352 g/mol. The molecule has 1 aromatic heterocycles. The van der Waals surface area contributed by atoms with E-state index in [0.29, 0.717) is 22.3 Å². The Balaban J connectivity index is 1.99. The summed E-state index contributed by atoms with van der Waals surface area (Å²) in [5.41, 5.74) is 1.42. The van der Waals surface area contributed by atoms with Crippen molar-refractivity contribution in [2.45, 2.75) is 0 Å². The van der Waals surface area contributed by atoms with Gasteiger partial charge in [-0.3, -0.25) is 0 Å². The highest BCUT2D eigenvalue weighted by Gasteiger charge is 2.12. The molecule has 20 heavy (non-hydrogen) atoms. The first-order valence-electron chi connectivity index (χ1n) is 5.72. The normalized spacial score (nSPS) is 10.7. The number of aromatic hydroxyl groups is 1. The highest BCUT2D eigenvalue weighted by Crippen LogP contribution is 2.29. The van der Waals surface area contributed by atoms with E-state index in [2.05, 4.69) is 26.1 Å². The minimum atomic E-state index is 0.153. The predicted molar refractivity (Wildman–Crippen MR) is 79.5 cm³/mol. The van der Waals surface area contributed by atoms with E-state index >= 15 is 0 Å². The van der Waals surface area contributed by atoms with Crippen molar-refractivity contribution in [3.05, 3.63) is 52.0 Å². The SMILES string of the molecule is Oc1cccc(-c2noc(-c3ccc(Br)c(Cl)c3)n2)c1. The number of halogens is 2. The Kier molecular flexibility index (Phi) is 3.46. The Bertz CT molecular complexity index is 773. The van der Waals surface area contributed by atoms with E-state index in [4.69, 9.17) is 16.1 Å². The maximum Gasteiger partial charge on any atom is 0.258 e. The third-order valence-electron chi connectivity index (χ3n) is 2.70. The molecule has 0 saturated carbocycles. The number of phenolic OH excluding ortho intramolecular Hbond substituents is 1. The summed E-state index contributed by atoms with van der Waals surface area (Å²) >= 11 is 9.36. The molecular weight excluding hydrogens is 344 g/mol. The van der Waals surface area contributed by atoms with Crippen LogP contribution in [0.4, 0.5) is 0 Å². The van der Waals surface area contributed by atoms with Crippen LogP contribution in [0.2, 0.25) is 5.02 Å². The first kappa shape index (κ1) is 13.1. The summed E-state index contributed by atoms with van der Waals surface area (Å²) in [6.07, 6.45) is 0. The van der Waals surface area contributed by atoms with Gasteiger partial charge in [0.05, 0.1) is 5.02 Å². The first-order chi connectivity index (χ1) is 9.63. The number of rotatable bonds is 2. The van der Waals surface area contributed by atoms with E-state index in [0.717, 1.165) is 10.0 Å². The van der Waals surface area contributed by atoms with E-state index in [1.165, 1.54) is 0 Å². The fraction of sp³-hybridized carbons (Fsp3) is 0. The van der Waals surface area contributed by atoms with Crippen molar-refractivity contribution in [2.24, 2.45) is 0 Å². The lowest BCUT2D eigenvalue weighted by molar-refractivity contribution is 0.432. The zero-order chi connectivity index (χ0) is 14.1. The lowest BCUT2D eigenvalue weighted by Crippen LogP contribution is -1.81. The van der Waals surface area contributed by atoms with Crippen molar-refractivity contribution in [3.8, 4) is 28.6 Å². The standard InChI is InChI=1S/C14H8BrClN2O2/c15-11-5-4-9(7-12(11)16)14-17-13(18-20-14)8-2-1-3-10(19)6-8/h1-7,19H. The van der Waals surface area contributed by atoms with Gasteiger partial charge in [-0.25, -0.2) is 0 Å². The van der Waals surface area contributed by atoms with E-state index in [1.54, 1.807) is 30.3 Å². The van der Waals surface area contributed by atoms with E-state index in [-0.39, 0.29) is 5.75 Å². The van der Waals surface area contributed by atoms with Crippen molar-refractivity contribution in [1.29, 1.82) is 0 Å². The number of hydrogen-bond donors (Lipinski definition) is 1. The third kappa shape index (κ3) is 2.55. The Morgan fingerprint density at radius 1 is 1.10 bits per heavy atom. The summed E-state index contributed by atoms with van der Waals surface area (Å²) in [4.78, 5) is 4.30. The molecule has 3 aromatic rings. The molecule has 0 bridgehead atoms. The second-order valence-corrected chi connectivity index (χ2v) is 5.36. The Labute approximate surface area is 128 Å².